The van der Waals surface area contributed by atoms with Crippen LogP contribution in [0.2, 0.25) is 0 Å². The number of halogens is 3. The lowest BCUT2D eigenvalue weighted by Crippen LogP contribution is -2.17. The number of anilines is 1. The fraction of sp³-hybridized carbons (Fsp3) is 0.200. The highest BCUT2D eigenvalue weighted by Gasteiger charge is 2.34. The fourth-order valence-electron chi connectivity index (χ4n) is 2.43. The van der Waals surface area contributed by atoms with E-state index in [1.807, 2.05) is 0 Å². The first-order valence-corrected chi connectivity index (χ1v) is 8.01. The highest BCUT2D eigenvalue weighted by Crippen LogP contribution is 2.39. The van der Waals surface area contributed by atoms with Gasteiger partial charge in [0.15, 0.2) is 5.69 Å². The van der Waals surface area contributed by atoms with Gasteiger partial charge in [0.05, 0.1) is 5.69 Å². The van der Waals surface area contributed by atoms with Crippen molar-refractivity contribution in [1.29, 1.82) is 0 Å². The third kappa shape index (κ3) is 3.12. The average molecular weight is 383 g/mol. The lowest BCUT2D eigenvalue weighted by molar-refractivity contribution is -0.141. The molecule has 26 heavy (non-hydrogen) atoms. The number of carbonyl (C=O) groups is 2. The zero-order chi connectivity index (χ0) is 19.2. The summed E-state index contributed by atoms with van der Waals surface area (Å²) in [4.78, 5) is 27.5. The number of carbonyl (C=O) groups excluding carboxylic acids is 2. The molecule has 0 spiro atoms. The van der Waals surface area contributed by atoms with Crippen LogP contribution >= 0.6 is 11.3 Å². The summed E-state index contributed by atoms with van der Waals surface area (Å²) in [5, 5.41) is 6.70. The van der Waals surface area contributed by atoms with E-state index in [1.54, 1.807) is 13.2 Å². The molecule has 3 N–H and O–H groups in total. The molecule has 0 saturated heterocycles. The molecule has 0 saturated carbocycles. The van der Waals surface area contributed by atoms with Crippen LogP contribution in [-0.2, 0) is 13.2 Å². The summed E-state index contributed by atoms with van der Waals surface area (Å²) in [5.74, 6) is -1.50. The van der Waals surface area contributed by atoms with Crippen LogP contribution in [0.3, 0.4) is 0 Å². The van der Waals surface area contributed by atoms with E-state index in [4.69, 9.17) is 5.73 Å². The third-order valence-electron chi connectivity index (χ3n) is 3.56. The number of rotatable bonds is 3. The lowest BCUT2D eigenvalue weighted by Gasteiger charge is -2.09. The van der Waals surface area contributed by atoms with E-state index in [9.17, 15) is 22.8 Å². The Hall–Kier alpha value is -2.95. The summed E-state index contributed by atoms with van der Waals surface area (Å²) in [6, 6.07) is 2.32. The van der Waals surface area contributed by atoms with Crippen LogP contribution in [0.5, 0.6) is 0 Å². The van der Waals surface area contributed by atoms with Gasteiger partial charge in [-0.1, -0.05) is 0 Å². The number of nitrogens with one attached hydrogen (secondary N) is 1. The molecule has 0 aliphatic rings. The highest BCUT2D eigenvalue weighted by molar-refractivity contribution is 7.21. The van der Waals surface area contributed by atoms with Crippen LogP contribution in [0.1, 0.15) is 31.4 Å². The standard InChI is InChI=1S/C15H12F3N5O2S/c1-6-5-8(15(16,17)18)20-14-9(6)10(11(26-14)12(19)24)21-13(25)7-3-4-23(2)22-7/h3-5H,1-2H3,(H2,19,24)(H,21,25). The molecule has 11 heteroatoms. The second-order valence-corrected chi connectivity index (χ2v) is 6.50. The molecule has 0 aliphatic carbocycles. The molecule has 0 fully saturated rings. The Morgan fingerprint density at radius 2 is 2.04 bits per heavy atom. The quantitative estimate of drug-likeness (QED) is 0.726. The number of nitrogens with zero attached hydrogens (tertiary/aromatic N) is 3. The molecule has 136 valence electrons. The Morgan fingerprint density at radius 3 is 2.58 bits per heavy atom. The van der Waals surface area contributed by atoms with Crippen molar-refractivity contribution in [3.63, 3.8) is 0 Å². The molecule has 0 radical (unpaired) electrons. The summed E-state index contributed by atoms with van der Waals surface area (Å²) in [6.07, 6.45) is -3.08. The van der Waals surface area contributed by atoms with Gasteiger partial charge >= 0.3 is 6.18 Å². The second-order valence-electron chi connectivity index (χ2n) is 5.50. The van der Waals surface area contributed by atoms with Crippen molar-refractivity contribution in [2.45, 2.75) is 13.1 Å². The number of fused-ring (bicyclic) bond motifs is 1. The maximum absolute atomic E-state index is 13.0. The van der Waals surface area contributed by atoms with Gasteiger partial charge in [-0.15, -0.1) is 11.3 Å². The molecule has 3 aromatic heterocycles. The van der Waals surface area contributed by atoms with E-state index in [1.165, 1.54) is 17.7 Å². The van der Waals surface area contributed by atoms with Crippen molar-refractivity contribution in [2.75, 3.05) is 5.32 Å². The third-order valence-corrected chi connectivity index (χ3v) is 4.66. The average Bonchev–Trinajstić information content (AvgIpc) is 3.10. The van der Waals surface area contributed by atoms with E-state index in [0.717, 1.165) is 6.07 Å². The molecular formula is C15H12F3N5O2S. The molecule has 0 aliphatic heterocycles. The number of amides is 2. The Morgan fingerprint density at radius 1 is 1.35 bits per heavy atom. The smallest absolute Gasteiger partial charge is 0.365 e. The van der Waals surface area contributed by atoms with Gasteiger partial charge in [0.25, 0.3) is 11.8 Å². The van der Waals surface area contributed by atoms with Gasteiger partial charge in [-0.25, -0.2) is 4.98 Å². The first kappa shape index (κ1) is 17.9. The van der Waals surface area contributed by atoms with Gasteiger partial charge in [-0.2, -0.15) is 18.3 Å². The highest BCUT2D eigenvalue weighted by atomic mass is 32.1. The lowest BCUT2D eigenvalue weighted by atomic mass is 10.1. The minimum atomic E-state index is -4.63. The van der Waals surface area contributed by atoms with E-state index in [-0.39, 0.29) is 32.0 Å². The predicted molar refractivity (Wildman–Crippen MR) is 89.0 cm³/mol. The molecule has 0 atom stereocenters. The van der Waals surface area contributed by atoms with Crippen molar-refractivity contribution in [1.82, 2.24) is 14.8 Å². The van der Waals surface area contributed by atoms with Gasteiger partial charge in [0, 0.05) is 18.6 Å². The molecule has 3 aromatic rings. The maximum Gasteiger partial charge on any atom is 0.433 e. The Labute approximate surface area is 148 Å². The normalized spacial score (nSPS) is 11.7. The fourth-order valence-corrected chi connectivity index (χ4v) is 3.49. The minimum Gasteiger partial charge on any atom is -0.365 e. The number of aromatic nitrogens is 3. The van der Waals surface area contributed by atoms with Crippen molar-refractivity contribution in [3.8, 4) is 0 Å². The topological polar surface area (TPSA) is 103 Å². The number of nitrogens with two attached hydrogens (primary N) is 1. The molecule has 7 nitrogen and oxygen atoms in total. The van der Waals surface area contributed by atoms with Crippen LogP contribution in [0.4, 0.5) is 18.9 Å². The zero-order valence-electron chi connectivity index (χ0n) is 13.5. The monoisotopic (exact) mass is 383 g/mol. The number of pyridine rings is 1. The number of thiophene rings is 1. The first-order chi connectivity index (χ1) is 12.1. The predicted octanol–water partition coefficient (Wildman–Crippen LogP) is 2.71. The van der Waals surface area contributed by atoms with Crippen LogP contribution in [0, 0.1) is 6.92 Å². The largest absolute Gasteiger partial charge is 0.433 e. The van der Waals surface area contributed by atoms with Crippen molar-refractivity contribution < 1.29 is 22.8 Å². The molecule has 3 rings (SSSR count). The Kier molecular flexibility index (Phi) is 4.18. The van der Waals surface area contributed by atoms with Crippen LogP contribution in [-0.4, -0.2) is 26.6 Å². The van der Waals surface area contributed by atoms with Gasteiger partial charge in [-0.3, -0.25) is 14.3 Å². The van der Waals surface area contributed by atoms with E-state index in [2.05, 4.69) is 15.4 Å². The summed E-state index contributed by atoms with van der Waals surface area (Å²) < 4.78 is 40.3. The number of alkyl halides is 3. The van der Waals surface area contributed by atoms with Crippen LogP contribution in [0.25, 0.3) is 10.2 Å². The molecule has 0 bridgehead atoms. The summed E-state index contributed by atoms with van der Waals surface area (Å²) in [5.41, 5.74) is 4.57. The Bertz CT molecular complexity index is 1040. The van der Waals surface area contributed by atoms with Crippen LogP contribution in [0.15, 0.2) is 18.3 Å². The van der Waals surface area contributed by atoms with E-state index in [0.29, 0.717) is 11.3 Å². The molecule has 2 amide bonds. The van der Waals surface area contributed by atoms with E-state index < -0.39 is 23.7 Å². The van der Waals surface area contributed by atoms with Gasteiger partial charge in [-0.05, 0) is 24.6 Å². The number of primary amides is 1. The van der Waals surface area contributed by atoms with Crippen molar-refractivity contribution in [3.05, 3.63) is 40.2 Å². The summed E-state index contributed by atoms with van der Waals surface area (Å²) >= 11 is 0.693. The molecule has 3 heterocycles. The van der Waals surface area contributed by atoms with Gasteiger partial charge < -0.3 is 11.1 Å². The van der Waals surface area contributed by atoms with E-state index >= 15 is 0 Å². The summed E-state index contributed by atoms with van der Waals surface area (Å²) in [7, 11) is 1.62. The first-order valence-electron chi connectivity index (χ1n) is 7.20. The summed E-state index contributed by atoms with van der Waals surface area (Å²) in [6.45, 7) is 1.44. The van der Waals surface area contributed by atoms with Crippen molar-refractivity contribution in [2.24, 2.45) is 12.8 Å². The van der Waals surface area contributed by atoms with Gasteiger partial charge in [0.1, 0.15) is 15.4 Å². The molecular weight excluding hydrogens is 371 g/mol. The SMILES string of the molecule is Cc1cc(C(F)(F)F)nc2sc(C(N)=O)c(NC(=O)c3ccn(C)n3)c12. The zero-order valence-corrected chi connectivity index (χ0v) is 14.3. The maximum atomic E-state index is 13.0. The second kappa shape index (κ2) is 6.09. The minimum absolute atomic E-state index is 0.0341. The number of hydrogen-bond donors (Lipinski definition) is 2. The number of hydrogen-bond acceptors (Lipinski definition) is 5. The molecule has 0 aromatic carbocycles. The van der Waals surface area contributed by atoms with Gasteiger partial charge in [0.2, 0.25) is 0 Å². The number of aryl methyl sites for hydroxylation is 2. The van der Waals surface area contributed by atoms with Crippen molar-refractivity contribution >= 4 is 39.1 Å². The molecule has 0 unspecified atom stereocenters. The van der Waals surface area contributed by atoms with Crippen LogP contribution < -0.4 is 11.1 Å². The Balaban J connectivity index is 2.15.